The zero-order valence-electron chi connectivity index (χ0n) is 16.6. The third-order valence-corrected chi connectivity index (χ3v) is 7.19. The van der Waals surface area contributed by atoms with E-state index in [0.717, 1.165) is 41.5 Å². The van der Waals surface area contributed by atoms with E-state index in [1.807, 2.05) is 25.1 Å². The number of ether oxygens (including phenoxy) is 2. The molecule has 6 heteroatoms. The standard InChI is InChI=1S/C21H30BrNO4/c1-14-17(22)6-5-7-18(14)27-11-10-26-16-12-15-8-9-21(13-16,20(2,3)4)23(15)19(24)25/h5-7,15-16H,8-13H2,1-4H3,(H,24,25)/t15-,16?,21+/m0/s1. The van der Waals surface area contributed by atoms with Crippen LogP contribution in [0.3, 0.4) is 0 Å². The van der Waals surface area contributed by atoms with Gasteiger partial charge in [0.05, 0.1) is 18.2 Å². The number of fused-ring (bicyclic) bond motifs is 2. The lowest BCUT2D eigenvalue weighted by Crippen LogP contribution is -2.62. The van der Waals surface area contributed by atoms with Gasteiger partial charge in [-0.2, -0.15) is 0 Å². The maximum Gasteiger partial charge on any atom is 0.408 e. The predicted octanol–water partition coefficient (Wildman–Crippen LogP) is 5.24. The molecule has 0 aromatic heterocycles. The second kappa shape index (κ2) is 7.63. The smallest absolute Gasteiger partial charge is 0.408 e. The first-order valence-corrected chi connectivity index (χ1v) is 10.5. The van der Waals surface area contributed by atoms with Crippen LogP contribution in [0.1, 0.15) is 52.0 Å². The van der Waals surface area contributed by atoms with Crippen molar-refractivity contribution in [3.63, 3.8) is 0 Å². The first-order chi connectivity index (χ1) is 12.7. The second-order valence-electron chi connectivity index (χ2n) is 8.77. The third-order valence-electron chi connectivity index (χ3n) is 6.33. The van der Waals surface area contributed by atoms with Crippen LogP contribution in [0.25, 0.3) is 0 Å². The van der Waals surface area contributed by atoms with Crippen molar-refractivity contribution in [2.75, 3.05) is 13.2 Å². The van der Waals surface area contributed by atoms with Gasteiger partial charge in [-0.25, -0.2) is 4.79 Å². The van der Waals surface area contributed by atoms with E-state index in [-0.39, 0.29) is 23.1 Å². The van der Waals surface area contributed by atoms with Crippen molar-refractivity contribution in [3.05, 3.63) is 28.2 Å². The summed E-state index contributed by atoms with van der Waals surface area (Å²) in [7, 11) is 0. The predicted molar refractivity (Wildman–Crippen MR) is 108 cm³/mol. The van der Waals surface area contributed by atoms with E-state index in [1.54, 1.807) is 4.90 Å². The summed E-state index contributed by atoms with van der Waals surface area (Å²) >= 11 is 3.52. The average molecular weight is 440 g/mol. The van der Waals surface area contributed by atoms with Crippen LogP contribution in [-0.4, -0.2) is 47.0 Å². The minimum Gasteiger partial charge on any atom is -0.491 e. The van der Waals surface area contributed by atoms with E-state index >= 15 is 0 Å². The molecule has 0 radical (unpaired) electrons. The maximum atomic E-state index is 11.9. The number of halogens is 1. The lowest BCUT2D eigenvalue weighted by Gasteiger charge is -2.53. The molecule has 2 heterocycles. The van der Waals surface area contributed by atoms with E-state index in [4.69, 9.17) is 9.47 Å². The summed E-state index contributed by atoms with van der Waals surface area (Å²) in [5.41, 5.74) is 0.622. The zero-order valence-corrected chi connectivity index (χ0v) is 18.2. The highest BCUT2D eigenvalue weighted by Gasteiger charge is 2.59. The van der Waals surface area contributed by atoms with Crippen molar-refractivity contribution in [2.45, 2.75) is 71.1 Å². The molecule has 5 nitrogen and oxygen atoms in total. The van der Waals surface area contributed by atoms with Gasteiger partial charge in [0.2, 0.25) is 0 Å². The Morgan fingerprint density at radius 3 is 2.78 bits per heavy atom. The van der Waals surface area contributed by atoms with Crippen LogP contribution in [0.4, 0.5) is 4.79 Å². The fourth-order valence-electron chi connectivity index (χ4n) is 4.81. The molecule has 1 amide bonds. The number of piperidine rings is 1. The van der Waals surface area contributed by atoms with E-state index in [0.29, 0.717) is 13.2 Å². The van der Waals surface area contributed by atoms with E-state index in [2.05, 4.69) is 36.7 Å². The highest BCUT2D eigenvalue weighted by molar-refractivity contribution is 9.10. The molecule has 0 aliphatic carbocycles. The molecule has 3 atom stereocenters. The fourth-order valence-corrected chi connectivity index (χ4v) is 5.16. The van der Waals surface area contributed by atoms with Gasteiger partial charge in [0.1, 0.15) is 12.4 Å². The number of hydrogen-bond acceptors (Lipinski definition) is 3. The van der Waals surface area contributed by atoms with Crippen molar-refractivity contribution >= 4 is 22.0 Å². The molecule has 1 N–H and O–H groups in total. The second-order valence-corrected chi connectivity index (χ2v) is 9.63. The lowest BCUT2D eigenvalue weighted by atomic mass is 9.68. The van der Waals surface area contributed by atoms with Crippen LogP contribution >= 0.6 is 15.9 Å². The van der Waals surface area contributed by atoms with Crippen LogP contribution in [0.2, 0.25) is 0 Å². The average Bonchev–Trinajstić information content (AvgIpc) is 2.84. The minimum atomic E-state index is -0.792. The maximum absolute atomic E-state index is 11.9. The summed E-state index contributed by atoms with van der Waals surface area (Å²) in [6, 6.07) is 5.98. The number of nitrogens with zero attached hydrogens (tertiary/aromatic N) is 1. The first kappa shape index (κ1) is 20.5. The highest BCUT2D eigenvalue weighted by Crippen LogP contribution is 2.53. The summed E-state index contributed by atoms with van der Waals surface area (Å²) in [6.45, 7) is 9.46. The Labute approximate surface area is 170 Å². The van der Waals surface area contributed by atoms with Gasteiger partial charge in [0.15, 0.2) is 0 Å². The molecular weight excluding hydrogens is 410 g/mol. The Hall–Kier alpha value is -1.27. The number of benzene rings is 1. The van der Waals surface area contributed by atoms with Crippen LogP contribution in [0.15, 0.2) is 22.7 Å². The molecule has 150 valence electrons. The Balaban J connectivity index is 1.59. The zero-order chi connectivity index (χ0) is 19.8. The van der Waals surface area contributed by atoms with Crippen molar-refractivity contribution in [1.82, 2.24) is 4.90 Å². The molecule has 2 aliphatic heterocycles. The molecule has 3 rings (SSSR count). The third kappa shape index (κ3) is 3.83. The van der Waals surface area contributed by atoms with Crippen molar-refractivity contribution in [2.24, 2.45) is 5.41 Å². The molecule has 2 fully saturated rings. The van der Waals surface area contributed by atoms with Crippen molar-refractivity contribution in [3.8, 4) is 5.75 Å². The van der Waals surface area contributed by atoms with Crippen LogP contribution < -0.4 is 4.74 Å². The number of rotatable bonds is 5. The normalized spacial score (nSPS) is 27.7. The van der Waals surface area contributed by atoms with Gasteiger partial charge in [0, 0.05) is 16.1 Å². The summed E-state index contributed by atoms with van der Waals surface area (Å²) in [4.78, 5) is 13.6. The Morgan fingerprint density at radius 2 is 2.11 bits per heavy atom. The van der Waals surface area contributed by atoms with Crippen LogP contribution in [0.5, 0.6) is 5.75 Å². The van der Waals surface area contributed by atoms with Gasteiger partial charge in [-0.1, -0.05) is 42.8 Å². The van der Waals surface area contributed by atoms with E-state index in [1.165, 1.54) is 0 Å². The topological polar surface area (TPSA) is 59.0 Å². The van der Waals surface area contributed by atoms with Crippen LogP contribution in [0, 0.1) is 12.3 Å². The first-order valence-electron chi connectivity index (χ1n) is 9.67. The SMILES string of the molecule is Cc1c(Br)cccc1OCCOC1C[C@@H]2CC[C@](C(C)(C)C)(C1)N2C(=O)O. The lowest BCUT2D eigenvalue weighted by molar-refractivity contribution is -0.0860. The van der Waals surface area contributed by atoms with Gasteiger partial charge < -0.3 is 14.6 Å². The molecule has 1 unspecified atom stereocenters. The quantitative estimate of drug-likeness (QED) is 0.636. The Morgan fingerprint density at radius 1 is 1.37 bits per heavy atom. The van der Waals surface area contributed by atoms with E-state index in [9.17, 15) is 9.90 Å². The van der Waals surface area contributed by atoms with E-state index < -0.39 is 6.09 Å². The molecule has 27 heavy (non-hydrogen) atoms. The Kier molecular flexibility index (Phi) is 5.78. The van der Waals surface area contributed by atoms with Gasteiger partial charge in [-0.15, -0.1) is 0 Å². The molecule has 0 saturated carbocycles. The van der Waals surface area contributed by atoms with Crippen molar-refractivity contribution in [1.29, 1.82) is 0 Å². The highest BCUT2D eigenvalue weighted by atomic mass is 79.9. The van der Waals surface area contributed by atoms with Crippen molar-refractivity contribution < 1.29 is 19.4 Å². The number of amides is 1. The van der Waals surface area contributed by atoms with Crippen LogP contribution in [-0.2, 0) is 4.74 Å². The molecule has 2 aliphatic rings. The summed E-state index contributed by atoms with van der Waals surface area (Å²) in [5, 5.41) is 9.78. The van der Waals surface area contributed by atoms with Gasteiger partial charge in [-0.3, -0.25) is 4.90 Å². The summed E-state index contributed by atoms with van der Waals surface area (Å²) < 4.78 is 13.1. The summed E-state index contributed by atoms with van der Waals surface area (Å²) in [5.74, 6) is 0.861. The molecule has 1 aromatic carbocycles. The number of hydrogen-bond donors (Lipinski definition) is 1. The van der Waals surface area contributed by atoms with Gasteiger partial charge in [0.25, 0.3) is 0 Å². The number of carboxylic acid groups (broad SMARTS) is 1. The monoisotopic (exact) mass is 439 g/mol. The fraction of sp³-hybridized carbons (Fsp3) is 0.667. The molecule has 2 bridgehead atoms. The molecule has 1 aromatic rings. The number of carbonyl (C=O) groups is 1. The minimum absolute atomic E-state index is 0.0636. The molecule has 2 saturated heterocycles. The Bertz CT molecular complexity index is 702. The van der Waals surface area contributed by atoms with Gasteiger partial charge in [-0.05, 0) is 50.2 Å². The molecular formula is C21H30BrNO4. The largest absolute Gasteiger partial charge is 0.491 e. The molecule has 0 spiro atoms. The summed E-state index contributed by atoms with van der Waals surface area (Å²) in [6.07, 6.45) is 2.67. The van der Waals surface area contributed by atoms with Gasteiger partial charge >= 0.3 is 6.09 Å².